The molecule has 2 aliphatic heterocycles. The highest BCUT2D eigenvalue weighted by molar-refractivity contribution is 5.81. The van der Waals surface area contributed by atoms with Crippen LogP contribution in [0.5, 0.6) is 0 Å². The molecule has 2 heterocycles. The summed E-state index contributed by atoms with van der Waals surface area (Å²) in [7, 11) is 1.52. The number of aliphatic hydroxyl groups excluding tert-OH is 6. The third-order valence-electron chi connectivity index (χ3n) is 7.50. The number of aliphatic hydroxyl groups is 7. The summed E-state index contributed by atoms with van der Waals surface area (Å²) in [5, 5.41) is 78.5. The van der Waals surface area contributed by atoms with Crippen molar-refractivity contribution in [3.8, 4) is 0 Å². The van der Waals surface area contributed by atoms with Gasteiger partial charge in [-0.3, -0.25) is 4.79 Å². The number of rotatable bonds is 9. The Balaban J connectivity index is 1.84. The molecule has 0 spiro atoms. The molecule has 0 aromatic rings. The average molecular weight is 570 g/mol. The van der Waals surface area contributed by atoms with Crippen molar-refractivity contribution in [1.29, 1.82) is 0 Å². The van der Waals surface area contributed by atoms with Crippen LogP contribution in [0.15, 0.2) is 0 Å². The predicted octanol–water partition coefficient (Wildman–Crippen LogP) is -7.52. The quantitative estimate of drug-likeness (QED) is 0.123. The molecule has 1 saturated carbocycles. The molecule has 17 heteroatoms. The highest BCUT2D eigenvalue weighted by Gasteiger charge is 2.53. The molecule has 15 N–H and O–H groups in total. The SMILES string of the molecule is CN[C@@H]1[C@@H](O)[C@@H](O[C@@H]2[C@H](O)[C@H](O[C@H]3O[C@H](CN)[C@@H](O)[C@H](O)[C@H]3O)[C@@H](N)C[C@H]2NC(=O)[C@@H](O)CN)OC[C@]1(C)O. The summed E-state index contributed by atoms with van der Waals surface area (Å²) >= 11 is 0. The molecule has 1 aliphatic carbocycles. The Morgan fingerprint density at radius 1 is 1.03 bits per heavy atom. The Bertz CT molecular complexity index is 811. The zero-order chi connectivity index (χ0) is 29.2. The molecule has 0 bridgehead atoms. The number of nitrogens with two attached hydrogens (primary N) is 3. The van der Waals surface area contributed by atoms with Crippen LogP contribution >= 0.6 is 0 Å². The normalized spacial score (nSPS) is 47.9. The van der Waals surface area contributed by atoms with Crippen molar-refractivity contribution in [3.05, 3.63) is 0 Å². The molecule has 3 rings (SSSR count). The van der Waals surface area contributed by atoms with Crippen LogP contribution in [0.2, 0.25) is 0 Å². The van der Waals surface area contributed by atoms with Crippen LogP contribution < -0.4 is 27.8 Å². The summed E-state index contributed by atoms with van der Waals surface area (Å²) in [6.45, 7) is 0.634. The first-order valence-electron chi connectivity index (χ1n) is 12.8. The molecule has 3 fully saturated rings. The largest absolute Gasteiger partial charge is 0.388 e. The minimum Gasteiger partial charge on any atom is -0.388 e. The van der Waals surface area contributed by atoms with Gasteiger partial charge in [-0.1, -0.05) is 0 Å². The van der Waals surface area contributed by atoms with Gasteiger partial charge in [-0.05, 0) is 20.4 Å². The van der Waals surface area contributed by atoms with Gasteiger partial charge < -0.3 is 82.5 Å². The molecule has 0 aromatic heterocycles. The van der Waals surface area contributed by atoms with Crippen molar-refractivity contribution in [2.24, 2.45) is 17.2 Å². The van der Waals surface area contributed by atoms with Crippen LogP contribution in [-0.2, 0) is 23.7 Å². The Morgan fingerprint density at radius 2 is 1.67 bits per heavy atom. The van der Waals surface area contributed by atoms with Gasteiger partial charge in [0.15, 0.2) is 12.6 Å². The molecular formula is C22H43N5O12. The maximum absolute atomic E-state index is 12.4. The van der Waals surface area contributed by atoms with Gasteiger partial charge in [0.25, 0.3) is 0 Å². The Labute approximate surface area is 225 Å². The van der Waals surface area contributed by atoms with Crippen molar-refractivity contribution in [2.45, 2.75) is 105 Å². The lowest BCUT2D eigenvalue weighted by Crippen LogP contribution is -2.70. The van der Waals surface area contributed by atoms with E-state index in [9.17, 15) is 40.5 Å². The van der Waals surface area contributed by atoms with Crippen LogP contribution in [-0.4, -0.2) is 160 Å². The maximum Gasteiger partial charge on any atom is 0.250 e. The van der Waals surface area contributed by atoms with Gasteiger partial charge in [-0.15, -0.1) is 0 Å². The smallest absolute Gasteiger partial charge is 0.250 e. The van der Waals surface area contributed by atoms with Gasteiger partial charge in [-0.25, -0.2) is 0 Å². The summed E-state index contributed by atoms with van der Waals surface area (Å²) in [6, 6.07) is -2.92. The second kappa shape index (κ2) is 13.2. The standard InChI is InChI=1S/C22H43N5O12/c1-22(35)6-36-20(15(33)18(22)26-2)39-17-8(27-19(34)9(28)4-23)3-7(25)16(14(17)32)38-21-13(31)12(30)11(29)10(5-24)37-21/h7-18,20-21,26,28-33,35H,3-6,23-25H2,1-2H3,(H,27,34)/t7-,8+,9-,10+,11+,12-,13+,14+,15+,16+,17-,18+,20+,21+,22-/m0/s1. The number of likely N-dealkylation sites (N-methyl/N-ethyl adjacent to an activating group) is 1. The average Bonchev–Trinajstić information content (AvgIpc) is 2.89. The number of amides is 1. The number of carbonyl (C=O) groups is 1. The summed E-state index contributed by atoms with van der Waals surface area (Å²) in [6.07, 6.45) is -16.3. The third kappa shape index (κ3) is 6.85. The third-order valence-corrected chi connectivity index (χ3v) is 7.50. The lowest BCUT2D eigenvalue weighted by Gasteiger charge is -2.49. The fourth-order valence-corrected chi connectivity index (χ4v) is 5.22. The van der Waals surface area contributed by atoms with Crippen molar-refractivity contribution < 1.29 is 59.5 Å². The van der Waals surface area contributed by atoms with E-state index < -0.39 is 97.1 Å². The molecule has 0 radical (unpaired) electrons. The number of hydrogen-bond donors (Lipinski definition) is 12. The molecule has 15 atom stereocenters. The lowest BCUT2D eigenvalue weighted by molar-refractivity contribution is -0.330. The molecular weight excluding hydrogens is 526 g/mol. The predicted molar refractivity (Wildman–Crippen MR) is 130 cm³/mol. The second-order valence-corrected chi connectivity index (χ2v) is 10.5. The topological polar surface area (TPSA) is 298 Å². The lowest BCUT2D eigenvalue weighted by atomic mass is 9.83. The van der Waals surface area contributed by atoms with Crippen molar-refractivity contribution in [1.82, 2.24) is 10.6 Å². The van der Waals surface area contributed by atoms with Crippen LogP contribution in [0.3, 0.4) is 0 Å². The fourth-order valence-electron chi connectivity index (χ4n) is 5.22. The van der Waals surface area contributed by atoms with Crippen molar-refractivity contribution >= 4 is 5.91 Å². The Morgan fingerprint density at radius 3 is 2.26 bits per heavy atom. The first-order valence-corrected chi connectivity index (χ1v) is 12.8. The van der Waals surface area contributed by atoms with E-state index in [1.54, 1.807) is 0 Å². The zero-order valence-corrected chi connectivity index (χ0v) is 21.8. The summed E-state index contributed by atoms with van der Waals surface area (Å²) in [5.74, 6) is -0.857. The van der Waals surface area contributed by atoms with Crippen LogP contribution in [0.1, 0.15) is 13.3 Å². The van der Waals surface area contributed by atoms with E-state index in [0.29, 0.717) is 0 Å². The van der Waals surface area contributed by atoms with Gasteiger partial charge in [-0.2, -0.15) is 0 Å². The number of ether oxygens (including phenoxy) is 4. The fraction of sp³-hybridized carbons (Fsp3) is 0.955. The van der Waals surface area contributed by atoms with Gasteiger partial charge in [0, 0.05) is 19.1 Å². The Hall–Kier alpha value is -1.13. The molecule has 1 amide bonds. The van der Waals surface area contributed by atoms with E-state index in [4.69, 9.17) is 36.1 Å². The van der Waals surface area contributed by atoms with Gasteiger partial charge in [0.2, 0.25) is 5.91 Å². The number of nitrogens with one attached hydrogen (secondary N) is 2. The van der Waals surface area contributed by atoms with Crippen LogP contribution in [0, 0.1) is 0 Å². The summed E-state index contributed by atoms with van der Waals surface area (Å²) in [5.41, 5.74) is 15.8. The minimum atomic E-state index is -1.72. The first kappa shape index (κ1) is 32.4. The summed E-state index contributed by atoms with van der Waals surface area (Å²) < 4.78 is 22.7. The first-order chi connectivity index (χ1) is 18.3. The Kier molecular flexibility index (Phi) is 11.0. The molecule has 228 valence electrons. The second-order valence-electron chi connectivity index (χ2n) is 10.5. The number of hydrogen-bond acceptors (Lipinski definition) is 16. The zero-order valence-electron chi connectivity index (χ0n) is 21.8. The van der Waals surface area contributed by atoms with E-state index in [1.807, 2.05) is 0 Å². The minimum absolute atomic E-state index is 0.0836. The van der Waals surface area contributed by atoms with Gasteiger partial charge in [0.1, 0.15) is 60.5 Å². The van der Waals surface area contributed by atoms with Crippen LogP contribution in [0.4, 0.5) is 0 Å². The molecule has 3 aliphatic rings. The maximum atomic E-state index is 12.4. The van der Waals surface area contributed by atoms with E-state index in [2.05, 4.69) is 10.6 Å². The molecule has 39 heavy (non-hydrogen) atoms. The van der Waals surface area contributed by atoms with Crippen LogP contribution in [0.25, 0.3) is 0 Å². The van der Waals surface area contributed by atoms with Gasteiger partial charge >= 0.3 is 0 Å². The monoisotopic (exact) mass is 569 g/mol. The highest BCUT2D eigenvalue weighted by atomic mass is 16.7. The number of carbonyl (C=O) groups excluding carboxylic acids is 1. The van der Waals surface area contributed by atoms with Gasteiger partial charge in [0.05, 0.1) is 18.7 Å². The molecule has 0 aromatic carbocycles. The highest BCUT2D eigenvalue weighted by Crippen LogP contribution is 2.32. The van der Waals surface area contributed by atoms with E-state index in [1.165, 1.54) is 14.0 Å². The van der Waals surface area contributed by atoms with Crippen molar-refractivity contribution in [2.75, 3.05) is 26.7 Å². The van der Waals surface area contributed by atoms with E-state index in [0.717, 1.165) is 0 Å². The van der Waals surface area contributed by atoms with Crippen molar-refractivity contribution in [3.63, 3.8) is 0 Å². The molecule has 2 saturated heterocycles. The van der Waals surface area contributed by atoms with E-state index >= 15 is 0 Å². The molecule has 0 unspecified atom stereocenters. The molecule has 17 nitrogen and oxygen atoms in total. The summed E-state index contributed by atoms with van der Waals surface area (Å²) in [4.78, 5) is 12.4. The van der Waals surface area contributed by atoms with E-state index in [-0.39, 0.29) is 26.1 Å².